The minimum Gasteiger partial charge on any atom is -0.290 e. The van der Waals surface area contributed by atoms with E-state index in [1.54, 1.807) is 0 Å². The van der Waals surface area contributed by atoms with E-state index < -0.39 is 0 Å². The fourth-order valence-electron chi connectivity index (χ4n) is 0.436. The number of rotatable bonds is 3. The number of halogens is 1. The van der Waals surface area contributed by atoms with Crippen LogP contribution in [0.3, 0.4) is 0 Å². The first kappa shape index (κ1) is 8.44. The summed E-state index contributed by atoms with van der Waals surface area (Å²) in [7, 11) is 0. The van der Waals surface area contributed by atoms with Crippen LogP contribution >= 0.6 is 11.6 Å². The van der Waals surface area contributed by atoms with E-state index in [1.807, 2.05) is 6.92 Å². The van der Waals surface area contributed by atoms with Crippen molar-refractivity contribution < 1.29 is 4.79 Å². The average molecular weight is 145 g/mol. The third kappa shape index (κ3) is 2.47. The minimum atomic E-state index is -0.0903. The average Bonchev–Trinajstić information content (AvgIpc) is 1.90. The standard InChI is InChI=1S/C7H9ClO/c1-3-6(5-8)7(9)4-2/h4-5H,2-3H2,1H3. The maximum Gasteiger partial charge on any atom is 0.182 e. The second kappa shape index (κ2) is 4.33. The molecule has 1 nitrogen and oxygen atoms in total. The molecule has 0 saturated carbocycles. The largest absolute Gasteiger partial charge is 0.290 e. The highest BCUT2D eigenvalue weighted by atomic mass is 35.5. The number of hydrogen-bond acceptors (Lipinski definition) is 1. The van der Waals surface area contributed by atoms with Gasteiger partial charge in [-0.25, -0.2) is 0 Å². The molecule has 9 heavy (non-hydrogen) atoms. The lowest BCUT2D eigenvalue weighted by Gasteiger charge is -1.92. The molecule has 0 saturated heterocycles. The lowest BCUT2D eigenvalue weighted by atomic mass is 10.1. The highest BCUT2D eigenvalue weighted by molar-refractivity contribution is 6.28. The summed E-state index contributed by atoms with van der Waals surface area (Å²) in [6, 6.07) is 0. The van der Waals surface area contributed by atoms with Crippen LogP contribution in [0.15, 0.2) is 23.8 Å². The third-order valence-corrected chi connectivity index (χ3v) is 1.28. The molecule has 0 aromatic carbocycles. The second-order valence-corrected chi connectivity index (χ2v) is 1.77. The fourth-order valence-corrected chi connectivity index (χ4v) is 0.698. The van der Waals surface area contributed by atoms with E-state index in [9.17, 15) is 4.79 Å². The van der Waals surface area contributed by atoms with Crippen molar-refractivity contribution in [2.45, 2.75) is 13.3 Å². The molecule has 0 atom stereocenters. The van der Waals surface area contributed by atoms with E-state index >= 15 is 0 Å². The zero-order chi connectivity index (χ0) is 7.28. The third-order valence-electron chi connectivity index (χ3n) is 1.01. The van der Waals surface area contributed by atoms with Gasteiger partial charge in [0, 0.05) is 11.1 Å². The molecular weight excluding hydrogens is 136 g/mol. The van der Waals surface area contributed by atoms with Crippen LogP contribution in [0.1, 0.15) is 13.3 Å². The zero-order valence-electron chi connectivity index (χ0n) is 5.36. The van der Waals surface area contributed by atoms with E-state index in [-0.39, 0.29) is 5.78 Å². The Balaban J connectivity index is 4.13. The molecule has 0 aliphatic carbocycles. The Kier molecular flexibility index (Phi) is 4.06. The van der Waals surface area contributed by atoms with Crippen LogP contribution in [0.25, 0.3) is 0 Å². The Morgan fingerprint density at radius 1 is 1.78 bits per heavy atom. The molecule has 0 aromatic heterocycles. The number of carbonyl (C=O) groups excluding carboxylic acids is 1. The van der Waals surface area contributed by atoms with Gasteiger partial charge >= 0.3 is 0 Å². The van der Waals surface area contributed by atoms with E-state index in [0.717, 1.165) is 0 Å². The maximum atomic E-state index is 10.7. The van der Waals surface area contributed by atoms with Crippen LogP contribution < -0.4 is 0 Å². The predicted molar refractivity (Wildman–Crippen MR) is 39.4 cm³/mol. The van der Waals surface area contributed by atoms with Crippen LogP contribution in [0.5, 0.6) is 0 Å². The van der Waals surface area contributed by atoms with Gasteiger partial charge in [0.25, 0.3) is 0 Å². The highest BCUT2D eigenvalue weighted by Gasteiger charge is 1.99. The quantitative estimate of drug-likeness (QED) is 0.556. The van der Waals surface area contributed by atoms with Gasteiger partial charge in [-0.3, -0.25) is 4.79 Å². The number of allylic oxidation sites excluding steroid dienone is 2. The molecular formula is C7H9ClO. The van der Waals surface area contributed by atoms with E-state index in [4.69, 9.17) is 11.6 Å². The Hall–Kier alpha value is -0.560. The summed E-state index contributed by atoms with van der Waals surface area (Å²) >= 11 is 5.31. The Morgan fingerprint density at radius 3 is 2.44 bits per heavy atom. The maximum absolute atomic E-state index is 10.7. The molecule has 0 amide bonds. The smallest absolute Gasteiger partial charge is 0.182 e. The predicted octanol–water partition coefficient (Wildman–Crippen LogP) is 2.27. The minimum absolute atomic E-state index is 0.0903. The summed E-state index contributed by atoms with van der Waals surface area (Å²) in [4.78, 5) is 10.7. The van der Waals surface area contributed by atoms with Crippen LogP contribution in [0.4, 0.5) is 0 Å². The van der Waals surface area contributed by atoms with Crippen LogP contribution in [0.2, 0.25) is 0 Å². The van der Waals surface area contributed by atoms with Crippen LogP contribution in [-0.4, -0.2) is 5.78 Å². The molecule has 2 heteroatoms. The molecule has 0 heterocycles. The molecule has 0 aromatic rings. The van der Waals surface area contributed by atoms with Gasteiger partial charge in [-0.05, 0) is 12.5 Å². The number of hydrogen-bond donors (Lipinski definition) is 0. The van der Waals surface area contributed by atoms with Crippen molar-refractivity contribution in [1.29, 1.82) is 0 Å². The number of ketones is 1. The van der Waals surface area contributed by atoms with E-state index in [0.29, 0.717) is 12.0 Å². The van der Waals surface area contributed by atoms with Crippen molar-refractivity contribution >= 4 is 17.4 Å². The summed E-state index contributed by atoms with van der Waals surface area (Å²) < 4.78 is 0. The van der Waals surface area contributed by atoms with Crippen molar-refractivity contribution in [1.82, 2.24) is 0 Å². The SMILES string of the molecule is C=CC(=O)C(=CCl)CC. The summed E-state index contributed by atoms with van der Waals surface area (Å²) in [6.07, 6.45) is 1.92. The molecule has 0 aliphatic rings. The van der Waals surface area contributed by atoms with Gasteiger partial charge in [0.05, 0.1) is 0 Å². The van der Waals surface area contributed by atoms with Crippen molar-refractivity contribution in [3.63, 3.8) is 0 Å². The molecule has 0 N–H and O–H groups in total. The number of carbonyl (C=O) groups is 1. The van der Waals surface area contributed by atoms with E-state index in [2.05, 4.69) is 6.58 Å². The molecule has 0 radical (unpaired) electrons. The first-order valence-electron chi connectivity index (χ1n) is 2.72. The van der Waals surface area contributed by atoms with Gasteiger partial charge in [0.15, 0.2) is 5.78 Å². The second-order valence-electron chi connectivity index (χ2n) is 1.56. The molecule has 0 unspecified atom stereocenters. The first-order valence-corrected chi connectivity index (χ1v) is 3.16. The molecule has 0 aliphatic heterocycles. The van der Waals surface area contributed by atoms with Gasteiger partial charge in [-0.2, -0.15) is 0 Å². The van der Waals surface area contributed by atoms with Crippen LogP contribution in [-0.2, 0) is 4.79 Å². The summed E-state index contributed by atoms with van der Waals surface area (Å²) in [5.74, 6) is -0.0903. The normalized spacial score (nSPS) is 11.1. The fraction of sp³-hybridized carbons (Fsp3) is 0.286. The topological polar surface area (TPSA) is 17.1 Å². The lowest BCUT2D eigenvalue weighted by molar-refractivity contribution is -0.111. The Bertz CT molecular complexity index is 147. The van der Waals surface area contributed by atoms with Crippen molar-refractivity contribution in [2.75, 3.05) is 0 Å². The molecule has 0 bridgehead atoms. The van der Waals surface area contributed by atoms with Gasteiger partial charge < -0.3 is 0 Å². The van der Waals surface area contributed by atoms with Gasteiger partial charge in [0.1, 0.15) is 0 Å². The monoisotopic (exact) mass is 144 g/mol. The summed E-state index contributed by atoms with van der Waals surface area (Å²) in [6.45, 7) is 5.20. The first-order chi connectivity index (χ1) is 4.26. The highest BCUT2D eigenvalue weighted by Crippen LogP contribution is 2.03. The molecule has 50 valence electrons. The Labute approximate surface area is 60.0 Å². The Morgan fingerprint density at radius 2 is 2.33 bits per heavy atom. The summed E-state index contributed by atoms with van der Waals surface area (Å²) in [5.41, 5.74) is 1.90. The molecule has 0 rings (SSSR count). The van der Waals surface area contributed by atoms with Crippen LogP contribution in [0, 0.1) is 0 Å². The van der Waals surface area contributed by atoms with Gasteiger partial charge in [-0.1, -0.05) is 25.1 Å². The lowest BCUT2D eigenvalue weighted by Crippen LogP contribution is -1.94. The zero-order valence-corrected chi connectivity index (χ0v) is 6.11. The van der Waals surface area contributed by atoms with Gasteiger partial charge in [0.2, 0.25) is 0 Å². The van der Waals surface area contributed by atoms with Gasteiger partial charge in [-0.15, -0.1) is 0 Å². The van der Waals surface area contributed by atoms with E-state index in [1.165, 1.54) is 11.6 Å². The molecule has 0 fully saturated rings. The van der Waals surface area contributed by atoms with Crippen molar-refractivity contribution in [3.05, 3.63) is 23.8 Å². The molecule has 0 spiro atoms. The summed E-state index contributed by atoms with van der Waals surface area (Å²) in [5, 5.41) is 0. The van der Waals surface area contributed by atoms with Crippen molar-refractivity contribution in [3.8, 4) is 0 Å². The van der Waals surface area contributed by atoms with Crippen molar-refractivity contribution in [2.24, 2.45) is 0 Å².